The van der Waals surface area contributed by atoms with Gasteiger partial charge < -0.3 is 19.9 Å². The summed E-state index contributed by atoms with van der Waals surface area (Å²) >= 11 is 0. The molecule has 1 heterocycles. The van der Waals surface area contributed by atoms with Crippen LogP contribution in [0.3, 0.4) is 0 Å². The van der Waals surface area contributed by atoms with Crippen LogP contribution in [0.1, 0.15) is 36.2 Å². The van der Waals surface area contributed by atoms with Gasteiger partial charge in [-0.1, -0.05) is 18.2 Å². The SMILES string of the molecule is COc1cc(CCNC(=O)Cc2ccc(-c3ccc(C(F)(F)F)cc3)nc2C)cc(OC(C)(C)C(=O)O)c1. The third-order valence-corrected chi connectivity index (χ3v) is 5.85. The summed E-state index contributed by atoms with van der Waals surface area (Å²) in [6.45, 7) is 4.96. The van der Waals surface area contributed by atoms with E-state index >= 15 is 0 Å². The van der Waals surface area contributed by atoms with Gasteiger partial charge in [0, 0.05) is 23.9 Å². The van der Waals surface area contributed by atoms with Gasteiger partial charge in [0.05, 0.1) is 24.8 Å². The first-order chi connectivity index (χ1) is 17.8. The molecule has 0 saturated carbocycles. The van der Waals surface area contributed by atoms with Gasteiger partial charge in [-0.3, -0.25) is 9.78 Å². The van der Waals surface area contributed by atoms with Crippen molar-refractivity contribution in [3.8, 4) is 22.8 Å². The maximum Gasteiger partial charge on any atom is 0.416 e. The first-order valence-electron chi connectivity index (χ1n) is 11.8. The van der Waals surface area contributed by atoms with E-state index in [1.54, 1.807) is 37.3 Å². The van der Waals surface area contributed by atoms with Crippen LogP contribution in [0.25, 0.3) is 11.3 Å². The number of carboxylic acids is 1. The Morgan fingerprint density at radius 1 is 1.00 bits per heavy atom. The number of aromatic nitrogens is 1. The molecule has 0 bridgehead atoms. The van der Waals surface area contributed by atoms with Crippen molar-refractivity contribution in [2.24, 2.45) is 0 Å². The molecule has 7 nitrogen and oxygen atoms in total. The van der Waals surface area contributed by atoms with Crippen LogP contribution >= 0.6 is 0 Å². The lowest BCUT2D eigenvalue weighted by atomic mass is 10.0. The molecule has 0 aliphatic carbocycles. The summed E-state index contributed by atoms with van der Waals surface area (Å²) in [6, 6.07) is 13.3. The van der Waals surface area contributed by atoms with E-state index < -0.39 is 23.3 Å². The van der Waals surface area contributed by atoms with E-state index in [9.17, 15) is 27.9 Å². The molecule has 0 saturated heterocycles. The van der Waals surface area contributed by atoms with Crippen molar-refractivity contribution in [1.29, 1.82) is 0 Å². The van der Waals surface area contributed by atoms with Crippen molar-refractivity contribution in [3.63, 3.8) is 0 Å². The monoisotopic (exact) mass is 530 g/mol. The molecule has 10 heteroatoms. The van der Waals surface area contributed by atoms with E-state index in [0.29, 0.717) is 47.0 Å². The van der Waals surface area contributed by atoms with Gasteiger partial charge in [0.2, 0.25) is 5.91 Å². The summed E-state index contributed by atoms with van der Waals surface area (Å²) in [7, 11) is 1.49. The van der Waals surface area contributed by atoms with E-state index in [4.69, 9.17) is 9.47 Å². The van der Waals surface area contributed by atoms with Crippen molar-refractivity contribution >= 4 is 11.9 Å². The van der Waals surface area contributed by atoms with Crippen molar-refractivity contribution in [2.45, 2.75) is 45.4 Å². The minimum Gasteiger partial charge on any atom is -0.497 e. The van der Waals surface area contributed by atoms with Crippen molar-refractivity contribution in [2.75, 3.05) is 13.7 Å². The molecule has 0 fully saturated rings. The second-order valence-electron chi connectivity index (χ2n) is 9.23. The number of ether oxygens (including phenoxy) is 2. The zero-order valence-corrected chi connectivity index (χ0v) is 21.5. The Bertz CT molecular complexity index is 1300. The number of carboxylic acid groups (broad SMARTS) is 1. The number of hydrogen-bond donors (Lipinski definition) is 2. The van der Waals surface area contributed by atoms with Crippen molar-refractivity contribution < 1.29 is 37.3 Å². The van der Waals surface area contributed by atoms with Crippen LogP contribution in [0.4, 0.5) is 13.2 Å². The van der Waals surface area contributed by atoms with E-state index in [2.05, 4.69) is 10.3 Å². The summed E-state index contributed by atoms with van der Waals surface area (Å²) < 4.78 is 49.3. The largest absolute Gasteiger partial charge is 0.497 e. The van der Waals surface area contributed by atoms with Crippen LogP contribution in [-0.2, 0) is 28.6 Å². The molecular weight excluding hydrogens is 501 g/mol. The lowest BCUT2D eigenvalue weighted by Crippen LogP contribution is -2.37. The topological polar surface area (TPSA) is 97.8 Å². The van der Waals surface area contributed by atoms with Crippen LogP contribution in [0.2, 0.25) is 0 Å². The van der Waals surface area contributed by atoms with Gasteiger partial charge in [-0.15, -0.1) is 0 Å². The number of rotatable bonds is 10. The fourth-order valence-corrected chi connectivity index (χ4v) is 3.64. The number of aliphatic carboxylic acids is 1. The number of nitrogens with one attached hydrogen (secondary N) is 1. The summed E-state index contributed by atoms with van der Waals surface area (Å²) in [5, 5.41) is 12.2. The summed E-state index contributed by atoms with van der Waals surface area (Å²) in [6.07, 6.45) is -3.86. The standard InChI is InChI=1S/C28H29F3N2O5/c1-17-20(7-10-24(33-17)19-5-8-21(9-6-19)28(29,30)31)15-25(34)32-12-11-18-13-22(37-4)16-23(14-18)38-27(2,3)26(35)36/h5-10,13-14,16H,11-12,15H2,1-4H3,(H,32,34)(H,35,36). The van der Waals surface area contributed by atoms with Gasteiger partial charge in [-0.2, -0.15) is 13.2 Å². The molecule has 0 spiro atoms. The van der Waals surface area contributed by atoms with E-state index in [1.165, 1.54) is 33.1 Å². The Labute approximate surface area is 218 Å². The molecule has 2 N–H and O–H groups in total. The van der Waals surface area contributed by atoms with E-state index in [1.807, 2.05) is 0 Å². The minimum absolute atomic E-state index is 0.0887. The molecule has 38 heavy (non-hydrogen) atoms. The molecular formula is C28H29F3N2O5. The highest BCUT2D eigenvalue weighted by atomic mass is 19.4. The number of carbonyl (C=O) groups excluding carboxylic acids is 1. The fourth-order valence-electron chi connectivity index (χ4n) is 3.64. The molecule has 3 rings (SSSR count). The van der Waals surface area contributed by atoms with Crippen LogP contribution in [-0.4, -0.2) is 41.2 Å². The number of amides is 1. The third kappa shape index (κ3) is 7.47. The lowest BCUT2D eigenvalue weighted by Gasteiger charge is -2.22. The number of carbonyl (C=O) groups is 2. The zero-order valence-electron chi connectivity index (χ0n) is 21.5. The number of halogens is 3. The van der Waals surface area contributed by atoms with Gasteiger partial charge >= 0.3 is 12.1 Å². The summed E-state index contributed by atoms with van der Waals surface area (Å²) in [5.41, 5.74) is 1.01. The second kappa shape index (κ2) is 11.5. The number of nitrogens with zero attached hydrogens (tertiary/aromatic N) is 1. The van der Waals surface area contributed by atoms with E-state index in [0.717, 1.165) is 17.7 Å². The molecule has 2 aromatic carbocycles. The van der Waals surface area contributed by atoms with Gasteiger partial charge in [-0.25, -0.2) is 4.79 Å². The number of hydrogen-bond acceptors (Lipinski definition) is 5. The van der Waals surface area contributed by atoms with Gasteiger partial charge in [0.25, 0.3) is 0 Å². The molecule has 1 amide bonds. The van der Waals surface area contributed by atoms with Crippen molar-refractivity contribution in [1.82, 2.24) is 10.3 Å². The van der Waals surface area contributed by atoms with Gasteiger partial charge in [0.15, 0.2) is 5.60 Å². The quantitative estimate of drug-likeness (QED) is 0.373. The number of pyridine rings is 1. The summed E-state index contributed by atoms with van der Waals surface area (Å²) in [5.74, 6) is -0.484. The number of alkyl halides is 3. The van der Waals surface area contributed by atoms with E-state index in [-0.39, 0.29) is 12.3 Å². The Morgan fingerprint density at radius 3 is 2.24 bits per heavy atom. The first-order valence-corrected chi connectivity index (χ1v) is 11.8. The molecule has 0 radical (unpaired) electrons. The number of methoxy groups -OCH3 is 1. The highest BCUT2D eigenvalue weighted by molar-refractivity contribution is 5.79. The van der Waals surface area contributed by atoms with Crippen LogP contribution in [0.5, 0.6) is 11.5 Å². The smallest absolute Gasteiger partial charge is 0.416 e. The van der Waals surface area contributed by atoms with Crippen LogP contribution < -0.4 is 14.8 Å². The fraction of sp³-hybridized carbons (Fsp3) is 0.321. The predicted octanol–water partition coefficient (Wildman–Crippen LogP) is 5.23. The Morgan fingerprint density at radius 2 is 1.66 bits per heavy atom. The Hall–Kier alpha value is -4.08. The molecule has 202 valence electrons. The average Bonchev–Trinajstić information content (AvgIpc) is 2.84. The zero-order chi connectivity index (χ0) is 28.1. The average molecular weight is 531 g/mol. The Kier molecular flexibility index (Phi) is 8.65. The third-order valence-electron chi connectivity index (χ3n) is 5.85. The highest BCUT2D eigenvalue weighted by Crippen LogP contribution is 2.31. The molecule has 3 aromatic rings. The molecule has 0 aliphatic heterocycles. The lowest BCUT2D eigenvalue weighted by molar-refractivity contribution is -0.152. The molecule has 1 aromatic heterocycles. The van der Waals surface area contributed by atoms with Gasteiger partial charge in [-0.05, 0) is 68.7 Å². The summed E-state index contributed by atoms with van der Waals surface area (Å²) in [4.78, 5) is 28.4. The van der Waals surface area contributed by atoms with Crippen LogP contribution in [0.15, 0.2) is 54.6 Å². The second-order valence-corrected chi connectivity index (χ2v) is 9.23. The molecule has 0 aliphatic rings. The predicted molar refractivity (Wildman–Crippen MR) is 135 cm³/mol. The maximum absolute atomic E-state index is 12.8. The highest BCUT2D eigenvalue weighted by Gasteiger charge is 2.30. The van der Waals surface area contributed by atoms with Crippen molar-refractivity contribution in [3.05, 3.63) is 77.0 Å². The minimum atomic E-state index is -4.40. The molecule has 0 atom stereocenters. The van der Waals surface area contributed by atoms with Crippen LogP contribution in [0, 0.1) is 6.92 Å². The number of benzene rings is 2. The first kappa shape index (κ1) is 28.5. The maximum atomic E-state index is 12.8. The normalized spacial score (nSPS) is 11.7. The Balaban J connectivity index is 1.59. The van der Waals surface area contributed by atoms with Gasteiger partial charge in [0.1, 0.15) is 11.5 Å². The number of aryl methyl sites for hydroxylation is 1. The molecule has 0 unspecified atom stereocenters.